The van der Waals surface area contributed by atoms with Crippen LogP contribution in [0.25, 0.3) is 0 Å². The number of carbonyl (C=O) groups excluding carboxylic acids is 1. The van der Waals surface area contributed by atoms with Crippen LogP contribution in [0.1, 0.15) is 36.7 Å². The second-order valence-corrected chi connectivity index (χ2v) is 5.30. The van der Waals surface area contributed by atoms with Gasteiger partial charge in [-0.3, -0.25) is 0 Å². The van der Waals surface area contributed by atoms with Crippen LogP contribution in [0, 0.1) is 0 Å². The molecular weight excluding hydrogens is 336 g/mol. The van der Waals surface area contributed by atoms with Crippen molar-refractivity contribution in [1.82, 2.24) is 0 Å². The fourth-order valence-corrected chi connectivity index (χ4v) is 2.03. The molecule has 0 unspecified atom stereocenters. The summed E-state index contributed by atoms with van der Waals surface area (Å²) >= 11 is 3.14. The van der Waals surface area contributed by atoms with E-state index in [1.165, 1.54) is 6.42 Å². The van der Waals surface area contributed by atoms with Crippen LogP contribution in [0.15, 0.2) is 45.5 Å². The molecule has 4 nitrogen and oxygen atoms in total. The third-order valence-corrected chi connectivity index (χ3v) is 3.25. The molecule has 5 heteroatoms. The summed E-state index contributed by atoms with van der Waals surface area (Å²) in [4.78, 5) is 11.8. The van der Waals surface area contributed by atoms with E-state index in [4.69, 9.17) is 13.9 Å². The van der Waals surface area contributed by atoms with E-state index in [9.17, 15) is 4.79 Å². The summed E-state index contributed by atoms with van der Waals surface area (Å²) in [5, 5.41) is 0. The average molecular weight is 353 g/mol. The van der Waals surface area contributed by atoms with Gasteiger partial charge in [-0.25, -0.2) is 4.79 Å². The number of hydrogen-bond donors (Lipinski definition) is 0. The predicted octanol–water partition coefficient (Wildman–Crippen LogP) is 4.83. The smallest absolute Gasteiger partial charge is 0.379 e. The second-order valence-electron chi connectivity index (χ2n) is 4.52. The second kappa shape index (κ2) is 7.88. The standard InChI is InChI=1S/C16H17BrO4/c1-2-3-4-11-19-12-5-7-13(8-6-12)20-16(18)14-9-10-15(17)21-14/h5-10H,2-4,11H2,1H3. The molecule has 1 aromatic carbocycles. The summed E-state index contributed by atoms with van der Waals surface area (Å²) in [7, 11) is 0. The summed E-state index contributed by atoms with van der Waals surface area (Å²) < 4.78 is 16.4. The first-order valence-electron chi connectivity index (χ1n) is 6.89. The molecule has 1 heterocycles. The lowest BCUT2D eigenvalue weighted by molar-refractivity contribution is 0.0700. The van der Waals surface area contributed by atoms with Crippen LogP contribution in [-0.2, 0) is 0 Å². The molecular formula is C16H17BrO4. The van der Waals surface area contributed by atoms with Gasteiger partial charge in [0.25, 0.3) is 0 Å². The number of ether oxygens (including phenoxy) is 2. The predicted molar refractivity (Wildman–Crippen MR) is 82.8 cm³/mol. The Bertz CT molecular complexity index is 574. The van der Waals surface area contributed by atoms with Gasteiger partial charge in [-0.05, 0) is 58.7 Å². The van der Waals surface area contributed by atoms with Crippen molar-refractivity contribution in [1.29, 1.82) is 0 Å². The molecule has 112 valence electrons. The van der Waals surface area contributed by atoms with Gasteiger partial charge in [-0.15, -0.1) is 0 Å². The van der Waals surface area contributed by atoms with Crippen molar-refractivity contribution >= 4 is 21.9 Å². The molecule has 21 heavy (non-hydrogen) atoms. The molecule has 0 aliphatic carbocycles. The van der Waals surface area contributed by atoms with Crippen molar-refractivity contribution in [3.05, 3.63) is 46.8 Å². The van der Waals surface area contributed by atoms with E-state index in [1.807, 2.05) is 0 Å². The Labute approximate surface area is 132 Å². The quantitative estimate of drug-likeness (QED) is 0.406. The van der Waals surface area contributed by atoms with Crippen LogP contribution in [0.5, 0.6) is 11.5 Å². The zero-order valence-electron chi connectivity index (χ0n) is 11.8. The van der Waals surface area contributed by atoms with Crippen molar-refractivity contribution in [3.63, 3.8) is 0 Å². The molecule has 0 N–H and O–H groups in total. The molecule has 0 bridgehead atoms. The lowest BCUT2D eigenvalue weighted by Crippen LogP contribution is -2.07. The first kappa shape index (κ1) is 15.6. The first-order valence-corrected chi connectivity index (χ1v) is 7.68. The highest BCUT2D eigenvalue weighted by atomic mass is 79.9. The maximum atomic E-state index is 11.8. The van der Waals surface area contributed by atoms with Gasteiger partial charge < -0.3 is 13.9 Å². The lowest BCUT2D eigenvalue weighted by Gasteiger charge is -2.07. The fourth-order valence-electron chi connectivity index (χ4n) is 1.73. The number of benzene rings is 1. The minimum Gasteiger partial charge on any atom is -0.494 e. The van der Waals surface area contributed by atoms with Crippen LogP contribution in [0.2, 0.25) is 0 Å². The number of esters is 1. The van der Waals surface area contributed by atoms with E-state index in [0.29, 0.717) is 17.0 Å². The van der Waals surface area contributed by atoms with Gasteiger partial charge in [0.05, 0.1) is 6.61 Å². The van der Waals surface area contributed by atoms with E-state index >= 15 is 0 Å². The highest BCUT2D eigenvalue weighted by Gasteiger charge is 2.13. The zero-order valence-corrected chi connectivity index (χ0v) is 13.4. The molecule has 2 aromatic rings. The van der Waals surface area contributed by atoms with Crippen LogP contribution in [-0.4, -0.2) is 12.6 Å². The van der Waals surface area contributed by atoms with Crippen molar-refractivity contribution in [2.75, 3.05) is 6.61 Å². The molecule has 0 fully saturated rings. The van der Waals surface area contributed by atoms with Gasteiger partial charge in [0.2, 0.25) is 5.76 Å². The minimum atomic E-state index is -0.530. The Hall–Kier alpha value is -1.75. The van der Waals surface area contributed by atoms with E-state index in [-0.39, 0.29) is 5.76 Å². The number of rotatable bonds is 7. The monoisotopic (exact) mass is 352 g/mol. The topological polar surface area (TPSA) is 48.7 Å². The van der Waals surface area contributed by atoms with E-state index < -0.39 is 5.97 Å². The van der Waals surface area contributed by atoms with E-state index in [0.717, 1.165) is 18.6 Å². The Balaban J connectivity index is 1.86. The normalized spacial score (nSPS) is 10.4. The van der Waals surface area contributed by atoms with Crippen LogP contribution in [0.3, 0.4) is 0 Å². The van der Waals surface area contributed by atoms with Crippen LogP contribution in [0.4, 0.5) is 0 Å². The Kier molecular flexibility index (Phi) is 5.87. The third kappa shape index (κ3) is 4.93. The van der Waals surface area contributed by atoms with Gasteiger partial charge in [0, 0.05) is 0 Å². The average Bonchev–Trinajstić information content (AvgIpc) is 2.92. The molecule has 0 atom stereocenters. The summed E-state index contributed by atoms with van der Waals surface area (Å²) in [5.74, 6) is 0.846. The van der Waals surface area contributed by atoms with Gasteiger partial charge in [0.1, 0.15) is 11.5 Å². The van der Waals surface area contributed by atoms with Gasteiger partial charge >= 0.3 is 5.97 Å². The van der Waals surface area contributed by atoms with Gasteiger partial charge in [-0.2, -0.15) is 0 Å². The molecule has 0 saturated heterocycles. The third-order valence-electron chi connectivity index (χ3n) is 2.83. The first-order chi connectivity index (χ1) is 10.2. The van der Waals surface area contributed by atoms with Crippen molar-refractivity contribution in [2.24, 2.45) is 0 Å². The molecule has 0 aliphatic heterocycles. The maximum absolute atomic E-state index is 11.8. The Morgan fingerprint density at radius 3 is 2.43 bits per heavy atom. The van der Waals surface area contributed by atoms with E-state index in [2.05, 4.69) is 22.9 Å². The summed E-state index contributed by atoms with van der Waals surface area (Å²) in [5.41, 5.74) is 0. The zero-order chi connectivity index (χ0) is 15.1. The van der Waals surface area contributed by atoms with Crippen molar-refractivity contribution in [2.45, 2.75) is 26.2 Å². The highest BCUT2D eigenvalue weighted by molar-refractivity contribution is 9.10. The largest absolute Gasteiger partial charge is 0.494 e. The van der Waals surface area contributed by atoms with Crippen molar-refractivity contribution < 1.29 is 18.7 Å². The lowest BCUT2D eigenvalue weighted by atomic mass is 10.3. The van der Waals surface area contributed by atoms with Crippen molar-refractivity contribution in [3.8, 4) is 11.5 Å². The van der Waals surface area contributed by atoms with E-state index in [1.54, 1.807) is 36.4 Å². The molecule has 0 saturated carbocycles. The van der Waals surface area contributed by atoms with Gasteiger partial charge in [0.15, 0.2) is 4.67 Å². The Morgan fingerprint density at radius 2 is 1.81 bits per heavy atom. The summed E-state index contributed by atoms with van der Waals surface area (Å²) in [6.45, 7) is 2.86. The maximum Gasteiger partial charge on any atom is 0.379 e. The SMILES string of the molecule is CCCCCOc1ccc(OC(=O)c2ccc(Br)o2)cc1. The number of unbranched alkanes of at least 4 members (excludes halogenated alkanes) is 2. The van der Waals surface area contributed by atoms with Crippen LogP contribution < -0.4 is 9.47 Å². The molecule has 0 aliphatic rings. The highest BCUT2D eigenvalue weighted by Crippen LogP contribution is 2.20. The number of halogens is 1. The molecule has 0 radical (unpaired) electrons. The molecule has 2 rings (SSSR count). The number of hydrogen-bond acceptors (Lipinski definition) is 4. The minimum absolute atomic E-state index is 0.154. The van der Waals surface area contributed by atoms with Gasteiger partial charge in [-0.1, -0.05) is 19.8 Å². The fraction of sp³-hybridized carbons (Fsp3) is 0.312. The number of furan rings is 1. The molecule has 0 spiro atoms. The summed E-state index contributed by atoms with van der Waals surface area (Å²) in [6, 6.07) is 10.2. The molecule has 1 aromatic heterocycles. The van der Waals surface area contributed by atoms with Crippen LogP contribution >= 0.6 is 15.9 Å². The molecule has 0 amide bonds. The number of carbonyl (C=O) groups is 1. The Morgan fingerprint density at radius 1 is 1.10 bits per heavy atom. The summed E-state index contributed by atoms with van der Waals surface area (Å²) in [6.07, 6.45) is 3.37.